The van der Waals surface area contributed by atoms with Crippen molar-refractivity contribution in [2.75, 3.05) is 19.6 Å². The second-order valence-electron chi connectivity index (χ2n) is 5.41. The summed E-state index contributed by atoms with van der Waals surface area (Å²) in [7, 11) is 0. The van der Waals surface area contributed by atoms with Crippen molar-refractivity contribution in [3.63, 3.8) is 0 Å². The van der Waals surface area contributed by atoms with Crippen molar-refractivity contribution in [1.82, 2.24) is 15.2 Å². The average Bonchev–Trinajstić information content (AvgIpc) is 3.12. The fraction of sp³-hybridized carbons (Fsp3) is 0.438. The first-order valence-corrected chi connectivity index (χ1v) is 7.37. The first kappa shape index (κ1) is 13.2. The minimum Gasteiger partial charge on any atom is -0.361 e. The summed E-state index contributed by atoms with van der Waals surface area (Å²) in [4.78, 5) is 17.8. The predicted molar refractivity (Wildman–Crippen MR) is 80.9 cm³/mol. The standard InChI is InChI=1S/C16H21N3O/c1-2-19-9-3-4-14(19)11-18-16(20)13-5-6-15-12(10-13)7-8-17-15/h5-8,10,14,17H,2-4,9,11H2,1H3,(H,18,20)/t14-/m0/s1. The summed E-state index contributed by atoms with van der Waals surface area (Å²) in [5.41, 5.74) is 1.80. The highest BCUT2D eigenvalue weighted by Gasteiger charge is 2.23. The van der Waals surface area contributed by atoms with Gasteiger partial charge in [-0.2, -0.15) is 0 Å². The zero-order chi connectivity index (χ0) is 13.9. The highest BCUT2D eigenvalue weighted by Crippen LogP contribution is 2.17. The van der Waals surface area contributed by atoms with E-state index in [0.29, 0.717) is 6.04 Å². The van der Waals surface area contributed by atoms with Gasteiger partial charge in [-0.1, -0.05) is 6.92 Å². The highest BCUT2D eigenvalue weighted by atomic mass is 16.1. The molecular weight excluding hydrogens is 250 g/mol. The first-order valence-electron chi connectivity index (χ1n) is 7.37. The van der Waals surface area contributed by atoms with Crippen LogP contribution in [0.3, 0.4) is 0 Å². The van der Waals surface area contributed by atoms with Crippen molar-refractivity contribution in [1.29, 1.82) is 0 Å². The summed E-state index contributed by atoms with van der Waals surface area (Å²) in [6.07, 6.45) is 4.32. The molecule has 2 N–H and O–H groups in total. The van der Waals surface area contributed by atoms with Crippen LogP contribution in [0.15, 0.2) is 30.5 Å². The number of likely N-dealkylation sites (tertiary alicyclic amines) is 1. The Labute approximate surface area is 119 Å². The molecule has 3 rings (SSSR count). The zero-order valence-corrected chi connectivity index (χ0v) is 11.9. The van der Waals surface area contributed by atoms with Crippen LogP contribution in [0.2, 0.25) is 0 Å². The second kappa shape index (κ2) is 5.67. The number of H-pyrrole nitrogens is 1. The maximum atomic E-state index is 12.2. The van der Waals surface area contributed by atoms with Crippen molar-refractivity contribution in [3.8, 4) is 0 Å². The largest absolute Gasteiger partial charge is 0.361 e. The molecule has 4 nitrogen and oxygen atoms in total. The predicted octanol–water partition coefficient (Wildman–Crippen LogP) is 2.38. The lowest BCUT2D eigenvalue weighted by Crippen LogP contribution is -2.40. The van der Waals surface area contributed by atoms with Gasteiger partial charge in [-0.15, -0.1) is 0 Å². The molecule has 0 aliphatic carbocycles. The van der Waals surface area contributed by atoms with E-state index in [1.165, 1.54) is 12.8 Å². The van der Waals surface area contributed by atoms with Gasteiger partial charge in [-0.25, -0.2) is 0 Å². The third-order valence-electron chi connectivity index (χ3n) is 4.22. The number of fused-ring (bicyclic) bond motifs is 1. The molecule has 0 unspecified atom stereocenters. The molecule has 1 aromatic carbocycles. The molecule has 2 aromatic rings. The van der Waals surface area contributed by atoms with Crippen LogP contribution in [0, 0.1) is 0 Å². The Morgan fingerprint density at radius 2 is 2.35 bits per heavy atom. The molecule has 1 aliphatic heterocycles. The number of hydrogen-bond donors (Lipinski definition) is 2. The quantitative estimate of drug-likeness (QED) is 0.897. The molecule has 1 fully saturated rings. The SMILES string of the molecule is CCN1CCC[C@H]1CNC(=O)c1ccc2[nH]ccc2c1. The van der Waals surface area contributed by atoms with Crippen LogP contribution in [-0.2, 0) is 0 Å². The Kier molecular flexibility index (Phi) is 3.74. The average molecular weight is 271 g/mol. The van der Waals surface area contributed by atoms with Crippen molar-refractivity contribution in [3.05, 3.63) is 36.0 Å². The summed E-state index contributed by atoms with van der Waals surface area (Å²) in [6, 6.07) is 8.26. The Balaban J connectivity index is 1.63. The molecule has 1 atom stereocenters. The van der Waals surface area contributed by atoms with Gasteiger partial charge in [0, 0.05) is 35.2 Å². The van der Waals surface area contributed by atoms with Gasteiger partial charge in [0.15, 0.2) is 0 Å². The summed E-state index contributed by atoms with van der Waals surface area (Å²) >= 11 is 0. The summed E-state index contributed by atoms with van der Waals surface area (Å²) < 4.78 is 0. The van der Waals surface area contributed by atoms with Crippen LogP contribution >= 0.6 is 0 Å². The van der Waals surface area contributed by atoms with Crippen molar-refractivity contribution in [2.45, 2.75) is 25.8 Å². The topological polar surface area (TPSA) is 48.1 Å². The maximum absolute atomic E-state index is 12.2. The molecule has 20 heavy (non-hydrogen) atoms. The molecule has 2 heterocycles. The van der Waals surface area contributed by atoms with E-state index in [-0.39, 0.29) is 5.91 Å². The number of nitrogens with one attached hydrogen (secondary N) is 2. The molecule has 1 aliphatic rings. The van der Waals surface area contributed by atoms with Crippen LogP contribution in [0.5, 0.6) is 0 Å². The number of aromatic nitrogens is 1. The summed E-state index contributed by atoms with van der Waals surface area (Å²) in [5, 5.41) is 4.15. The fourth-order valence-corrected chi connectivity index (χ4v) is 3.05. The van der Waals surface area contributed by atoms with Crippen molar-refractivity contribution >= 4 is 16.8 Å². The first-order chi connectivity index (χ1) is 9.78. The normalized spacial score (nSPS) is 19.6. The zero-order valence-electron chi connectivity index (χ0n) is 11.9. The van der Waals surface area contributed by atoms with E-state index in [9.17, 15) is 4.79 Å². The van der Waals surface area contributed by atoms with Gasteiger partial charge >= 0.3 is 0 Å². The molecule has 1 saturated heterocycles. The van der Waals surface area contributed by atoms with Gasteiger partial charge in [0.05, 0.1) is 0 Å². The van der Waals surface area contributed by atoms with Gasteiger partial charge in [-0.05, 0) is 50.2 Å². The van der Waals surface area contributed by atoms with Crippen LogP contribution in [0.25, 0.3) is 10.9 Å². The molecule has 4 heteroatoms. The smallest absolute Gasteiger partial charge is 0.251 e. The second-order valence-corrected chi connectivity index (χ2v) is 5.41. The number of hydrogen-bond acceptors (Lipinski definition) is 2. The monoisotopic (exact) mass is 271 g/mol. The van der Waals surface area contributed by atoms with Crippen LogP contribution in [0.1, 0.15) is 30.1 Å². The van der Waals surface area contributed by atoms with E-state index in [0.717, 1.165) is 36.1 Å². The lowest BCUT2D eigenvalue weighted by atomic mass is 10.1. The van der Waals surface area contributed by atoms with E-state index in [1.54, 1.807) is 0 Å². The number of aromatic amines is 1. The summed E-state index contributed by atoms with van der Waals surface area (Å²) in [5.74, 6) is 0.0241. The van der Waals surface area contributed by atoms with Crippen LogP contribution in [0.4, 0.5) is 0 Å². The van der Waals surface area contributed by atoms with E-state index >= 15 is 0 Å². The van der Waals surface area contributed by atoms with Gasteiger partial charge in [0.25, 0.3) is 5.91 Å². The minimum absolute atomic E-state index is 0.0241. The molecule has 0 saturated carbocycles. The molecular formula is C16H21N3O. The van der Waals surface area contributed by atoms with E-state index in [1.807, 2.05) is 30.5 Å². The van der Waals surface area contributed by atoms with Crippen molar-refractivity contribution < 1.29 is 4.79 Å². The van der Waals surface area contributed by atoms with Gasteiger partial charge in [0.2, 0.25) is 0 Å². The van der Waals surface area contributed by atoms with Crippen molar-refractivity contribution in [2.24, 2.45) is 0 Å². The third kappa shape index (κ3) is 2.56. The number of amides is 1. The molecule has 1 aromatic heterocycles. The fourth-order valence-electron chi connectivity index (χ4n) is 3.05. The number of nitrogens with zero attached hydrogens (tertiary/aromatic N) is 1. The molecule has 0 bridgehead atoms. The van der Waals surface area contributed by atoms with Crippen LogP contribution in [-0.4, -0.2) is 41.5 Å². The highest BCUT2D eigenvalue weighted by molar-refractivity contribution is 5.98. The molecule has 1 amide bonds. The van der Waals surface area contributed by atoms with Gasteiger partial charge < -0.3 is 10.3 Å². The number of benzene rings is 1. The van der Waals surface area contributed by atoms with E-state index in [4.69, 9.17) is 0 Å². The Morgan fingerprint density at radius 1 is 1.45 bits per heavy atom. The molecule has 0 radical (unpaired) electrons. The van der Waals surface area contributed by atoms with E-state index < -0.39 is 0 Å². The molecule has 106 valence electrons. The number of carbonyl (C=O) groups is 1. The van der Waals surface area contributed by atoms with Crippen LogP contribution < -0.4 is 5.32 Å². The van der Waals surface area contributed by atoms with E-state index in [2.05, 4.69) is 22.1 Å². The van der Waals surface area contributed by atoms with Gasteiger partial charge in [-0.3, -0.25) is 9.69 Å². The number of likely N-dealkylation sites (N-methyl/N-ethyl adjacent to an activating group) is 1. The molecule has 0 spiro atoms. The number of carbonyl (C=O) groups excluding carboxylic acids is 1. The lowest BCUT2D eigenvalue weighted by Gasteiger charge is -2.22. The lowest BCUT2D eigenvalue weighted by molar-refractivity contribution is 0.0941. The Hall–Kier alpha value is -1.81. The Morgan fingerprint density at radius 3 is 3.20 bits per heavy atom. The maximum Gasteiger partial charge on any atom is 0.251 e. The third-order valence-corrected chi connectivity index (χ3v) is 4.22. The minimum atomic E-state index is 0.0241. The number of rotatable bonds is 4. The van der Waals surface area contributed by atoms with Gasteiger partial charge in [0.1, 0.15) is 0 Å². The Bertz CT molecular complexity index is 605. The summed E-state index contributed by atoms with van der Waals surface area (Å²) in [6.45, 7) is 5.15.